The maximum absolute atomic E-state index is 7.18. The summed E-state index contributed by atoms with van der Waals surface area (Å²) < 4.78 is 11.3. The molecule has 39 heavy (non-hydrogen) atoms. The molecule has 2 fully saturated rings. The van der Waals surface area contributed by atoms with Crippen LogP contribution >= 0.6 is 45.9 Å². The van der Waals surface area contributed by atoms with Crippen molar-refractivity contribution >= 4 is 45.9 Å². The monoisotopic (exact) mass is 602 g/mol. The first kappa shape index (κ1) is 27.5. The highest BCUT2D eigenvalue weighted by Crippen LogP contribution is 2.46. The van der Waals surface area contributed by atoms with E-state index in [0.717, 1.165) is 58.0 Å². The molecule has 0 spiro atoms. The highest BCUT2D eigenvalue weighted by molar-refractivity contribution is 7.10. The van der Waals surface area contributed by atoms with E-state index in [1.165, 1.54) is 38.5 Å². The number of nitrogens with zero attached hydrogens (tertiary/aromatic N) is 4. The van der Waals surface area contributed by atoms with Gasteiger partial charge >= 0.3 is 0 Å². The Labute approximate surface area is 249 Å². The van der Waals surface area contributed by atoms with E-state index in [2.05, 4.69) is 58.2 Å². The van der Waals surface area contributed by atoms with Crippen molar-refractivity contribution in [3.05, 3.63) is 77.6 Å². The van der Waals surface area contributed by atoms with E-state index in [0.29, 0.717) is 22.4 Å². The maximum atomic E-state index is 7.18. The van der Waals surface area contributed by atoms with Gasteiger partial charge in [0.2, 0.25) is 0 Å². The van der Waals surface area contributed by atoms with Gasteiger partial charge in [-0.2, -0.15) is 10.2 Å². The van der Waals surface area contributed by atoms with Gasteiger partial charge in [0, 0.05) is 20.9 Å². The maximum Gasteiger partial charge on any atom is 0.133 e. The molecule has 0 radical (unpaired) electrons. The Morgan fingerprint density at radius 3 is 1.49 bits per heavy atom. The van der Waals surface area contributed by atoms with Gasteiger partial charge in [0.15, 0.2) is 0 Å². The summed E-state index contributed by atoms with van der Waals surface area (Å²) in [6.45, 7) is 4.12. The fourth-order valence-electron chi connectivity index (χ4n) is 6.37. The van der Waals surface area contributed by atoms with E-state index in [4.69, 9.17) is 38.1 Å². The molecule has 2 saturated carbocycles. The number of thiophene rings is 2. The van der Waals surface area contributed by atoms with Gasteiger partial charge in [0.1, 0.15) is 22.5 Å². The first-order valence-electron chi connectivity index (χ1n) is 14.2. The molecule has 0 amide bonds. The number of ether oxygens (including phenoxy) is 1. The first-order valence-corrected chi connectivity index (χ1v) is 16.8. The first-order chi connectivity index (χ1) is 19.0. The van der Waals surface area contributed by atoms with Crippen molar-refractivity contribution < 1.29 is 4.74 Å². The van der Waals surface area contributed by atoms with Gasteiger partial charge in [-0.3, -0.25) is 9.36 Å². The molecule has 0 aliphatic heterocycles. The summed E-state index contributed by atoms with van der Waals surface area (Å²) >= 11 is 17.7. The second-order valence-electron chi connectivity index (χ2n) is 11.0. The van der Waals surface area contributed by atoms with Gasteiger partial charge in [-0.25, -0.2) is 0 Å². The van der Waals surface area contributed by atoms with E-state index in [1.807, 2.05) is 0 Å². The van der Waals surface area contributed by atoms with Crippen LogP contribution < -0.4 is 0 Å². The Balaban J connectivity index is 1.42. The standard InChI is InChI=1S/C30H36Cl2N4OS2/c1-19-25(29(31)35(33-19)21-11-5-3-6-12-21)27(23-15-9-17-38-23)37-28(24-16-10-18-39-24)26-20(2)34-36(30(26)32)22-13-7-4-8-14-22/h9-10,15-18,21-22,27-28H,3-8,11-14H2,1-2H3. The van der Waals surface area contributed by atoms with Crippen molar-refractivity contribution in [1.82, 2.24) is 19.6 Å². The average Bonchev–Trinajstić information content (AvgIpc) is 3.77. The zero-order valence-corrected chi connectivity index (χ0v) is 25.8. The fourth-order valence-corrected chi connectivity index (χ4v) is 8.73. The number of rotatable bonds is 8. The normalized spacial score (nSPS) is 19.0. The molecule has 0 aromatic carbocycles. The Morgan fingerprint density at radius 2 is 1.13 bits per heavy atom. The molecular formula is C30H36Cl2N4OS2. The van der Waals surface area contributed by atoms with Gasteiger partial charge in [0.25, 0.3) is 0 Å². The topological polar surface area (TPSA) is 44.9 Å². The largest absolute Gasteiger partial charge is 0.354 e. The van der Waals surface area contributed by atoms with Crippen LogP contribution in [0.5, 0.6) is 0 Å². The van der Waals surface area contributed by atoms with Crippen LogP contribution in [0.15, 0.2) is 35.0 Å². The van der Waals surface area contributed by atoms with E-state index >= 15 is 0 Å². The Bertz CT molecular complexity index is 1260. The third-order valence-electron chi connectivity index (χ3n) is 8.38. The van der Waals surface area contributed by atoms with Gasteiger partial charge in [-0.1, -0.05) is 73.9 Å². The van der Waals surface area contributed by atoms with Crippen molar-refractivity contribution in [2.75, 3.05) is 0 Å². The lowest BCUT2D eigenvalue weighted by Gasteiger charge is -2.26. The Hall–Kier alpha value is -1.64. The van der Waals surface area contributed by atoms with E-state index in [1.54, 1.807) is 22.7 Å². The SMILES string of the molecule is Cc1nn(C2CCCCC2)c(Cl)c1C(OC(c1cccs1)c1c(C)nn(C2CCCCC2)c1Cl)c1cccs1. The zero-order valence-electron chi connectivity index (χ0n) is 22.6. The van der Waals surface area contributed by atoms with Crippen LogP contribution in [-0.2, 0) is 4.74 Å². The Morgan fingerprint density at radius 1 is 0.718 bits per heavy atom. The predicted octanol–water partition coefficient (Wildman–Crippen LogP) is 10.0. The molecule has 0 saturated heterocycles. The molecule has 2 aliphatic rings. The molecule has 9 heteroatoms. The summed E-state index contributed by atoms with van der Waals surface area (Å²) in [5.74, 6) is 0. The molecule has 208 valence electrons. The van der Waals surface area contributed by atoms with Crippen LogP contribution in [0.4, 0.5) is 0 Å². The average molecular weight is 604 g/mol. The molecule has 4 aromatic heterocycles. The summed E-state index contributed by atoms with van der Waals surface area (Å²) in [6.07, 6.45) is 11.2. The minimum Gasteiger partial charge on any atom is -0.354 e. The minimum absolute atomic E-state index is 0.348. The number of aromatic nitrogens is 4. The molecular weight excluding hydrogens is 567 g/mol. The van der Waals surface area contributed by atoms with Gasteiger partial charge in [0.05, 0.1) is 23.5 Å². The van der Waals surface area contributed by atoms with Crippen LogP contribution in [-0.4, -0.2) is 19.6 Å². The minimum atomic E-state index is -0.365. The third kappa shape index (κ3) is 5.50. The number of hydrogen-bond donors (Lipinski definition) is 0. The summed E-state index contributed by atoms with van der Waals surface area (Å²) in [6, 6.07) is 9.11. The van der Waals surface area contributed by atoms with Gasteiger partial charge in [-0.05, 0) is 62.4 Å². The highest BCUT2D eigenvalue weighted by Gasteiger charge is 2.35. The molecule has 2 unspecified atom stereocenters. The fraction of sp³-hybridized carbons (Fsp3) is 0.533. The molecule has 0 bridgehead atoms. The van der Waals surface area contributed by atoms with Crippen molar-refractivity contribution in [3.8, 4) is 0 Å². The van der Waals surface area contributed by atoms with E-state index in [9.17, 15) is 0 Å². The van der Waals surface area contributed by atoms with Gasteiger partial charge in [-0.15, -0.1) is 22.7 Å². The quantitative estimate of drug-likeness (QED) is 0.201. The van der Waals surface area contributed by atoms with Crippen molar-refractivity contribution in [1.29, 1.82) is 0 Å². The second kappa shape index (κ2) is 12.1. The summed E-state index contributed by atoms with van der Waals surface area (Å²) in [4.78, 5) is 2.22. The molecule has 6 rings (SSSR count). The summed E-state index contributed by atoms with van der Waals surface area (Å²) in [5, 5.41) is 15.5. The highest BCUT2D eigenvalue weighted by atomic mass is 35.5. The van der Waals surface area contributed by atoms with Crippen molar-refractivity contribution in [2.45, 2.75) is 102 Å². The summed E-state index contributed by atoms with van der Waals surface area (Å²) in [7, 11) is 0. The van der Waals surface area contributed by atoms with Crippen LogP contribution in [0, 0.1) is 13.8 Å². The lowest BCUT2D eigenvalue weighted by atomic mass is 9.95. The predicted molar refractivity (Wildman–Crippen MR) is 162 cm³/mol. The zero-order chi connectivity index (χ0) is 26.9. The molecule has 0 N–H and O–H groups in total. The molecule has 2 atom stereocenters. The lowest BCUT2D eigenvalue weighted by Crippen LogP contribution is -2.16. The lowest BCUT2D eigenvalue weighted by molar-refractivity contribution is 0.0341. The number of aryl methyl sites for hydroxylation is 2. The van der Waals surface area contributed by atoms with Crippen LogP contribution in [0.3, 0.4) is 0 Å². The summed E-state index contributed by atoms with van der Waals surface area (Å²) in [5.41, 5.74) is 3.77. The van der Waals surface area contributed by atoms with E-state index < -0.39 is 0 Å². The van der Waals surface area contributed by atoms with Crippen LogP contribution in [0.25, 0.3) is 0 Å². The second-order valence-corrected chi connectivity index (χ2v) is 13.7. The molecule has 4 heterocycles. The third-order valence-corrected chi connectivity index (χ3v) is 11.0. The van der Waals surface area contributed by atoms with Crippen LogP contribution in [0.2, 0.25) is 10.3 Å². The molecule has 5 nitrogen and oxygen atoms in total. The van der Waals surface area contributed by atoms with Crippen molar-refractivity contribution in [3.63, 3.8) is 0 Å². The molecule has 4 aromatic rings. The van der Waals surface area contributed by atoms with Gasteiger partial charge < -0.3 is 4.74 Å². The van der Waals surface area contributed by atoms with E-state index in [-0.39, 0.29) is 12.2 Å². The smallest absolute Gasteiger partial charge is 0.133 e. The van der Waals surface area contributed by atoms with Crippen LogP contribution in [0.1, 0.15) is 121 Å². The molecule has 2 aliphatic carbocycles. The number of hydrogen-bond acceptors (Lipinski definition) is 5. The number of halogens is 2. The van der Waals surface area contributed by atoms with Crippen molar-refractivity contribution in [2.24, 2.45) is 0 Å². The Kier molecular flexibility index (Phi) is 8.52.